The lowest BCUT2D eigenvalue weighted by atomic mass is 9.86. The first-order valence-corrected chi connectivity index (χ1v) is 8.61. The van der Waals surface area contributed by atoms with Gasteiger partial charge in [-0.25, -0.2) is 0 Å². The molecule has 0 spiro atoms. The standard InChI is InChI=1S/C18H31NO/c1-15(2)18(20)19(13-16-9-5-3-6-10-16)14-17-11-7-4-8-12-17/h16-17H,1,3-14H2,2H3. The van der Waals surface area contributed by atoms with E-state index in [2.05, 4.69) is 11.5 Å². The lowest BCUT2D eigenvalue weighted by molar-refractivity contribution is -0.128. The molecule has 2 nitrogen and oxygen atoms in total. The molecule has 0 unspecified atom stereocenters. The van der Waals surface area contributed by atoms with Crippen LogP contribution in [0.2, 0.25) is 0 Å². The van der Waals surface area contributed by atoms with E-state index in [9.17, 15) is 4.79 Å². The van der Waals surface area contributed by atoms with Crippen LogP contribution in [0.4, 0.5) is 0 Å². The average Bonchev–Trinajstić information content (AvgIpc) is 2.48. The van der Waals surface area contributed by atoms with Crippen molar-refractivity contribution in [3.05, 3.63) is 12.2 Å². The third kappa shape index (κ3) is 4.64. The topological polar surface area (TPSA) is 20.3 Å². The third-order valence-corrected chi connectivity index (χ3v) is 5.06. The summed E-state index contributed by atoms with van der Waals surface area (Å²) in [5, 5.41) is 0. The van der Waals surface area contributed by atoms with E-state index in [0.717, 1.165) is 24.9 Å². The van der Waals surface area contributed by atoms with Gasteiger partial charge in [0, 0.05) is 18.7 Å². The molecular formula is C18H31NO. The zero-order valence-corrected chi connectivity index (χ0v) is 13.2. The molecule has 0 radical (unpaired) electrons. The molecule has 2 rings (SSSR count). The molecule has 2 saturated carbocycles. The van der Waals surface area contributed by atoms with Crippen LogP contribution in [-0.2, 0) is 4.79 Å². The van der Waals surface area contributed by atoms with Crippen molar-refractivity contribution in [2.75, 3.05) is 13.1 Å². The largest absolute Gasteiger partial charge is 0.338 e. The fraction of sp³-hybridized carbons (Fsp3) is 0.833. The minimum atomic E-state index is 0.196. The van der Waals surface area contributed by atoms with Crippen molar-refractivity contribution in [3.63, 3.8) is 0 Å². The molecule has 0 atom stereocenters. The van der Waals surface area contributed by atoms with Crippen molar-refractivity contribution < 1.29 is 4.79 Å². The van der Waals surface area contributed by atoms with Crippen LogP contribution in [0.5, 0.6) is 0 Å². The Morgan fingerprint density at radius 2 is 1.30 bits per heavy atom. The maximum atomic E-state index is 12.4. The molecule has 2 aliphatic carbocycles. The van der Waals surface area contributed by atoms with Gasteiger partial charge in [-0.05, 0) is 44.4 Å². The zero-order valence-electron chi connectivity index (χ0n) is 13.2. The van der Waals surface area contributed by atoms with Gasteiger partial charge in [-0.3, -0.25) is 4.79 Å². The Hall–Kier alpha value is -0.790. The van der Waals surface area contributed by atoms with Gasteiger partial charge in [0.05, 0.1) is 0 Å². The molecule has 0 heterocycles. The molecule has 0 aromatic carbocycles. The highest BCUT2D eigenvalue weighted by Gasteiger charge is 2.24. The molecule has 0 aromatic heterocycles. The summed E-state index contributed by atoms with van der Waals surface area (Å²) < 4.78 is 0. The fourth-order valence-corrected chi connectivity index (χ4v) is 3.87. The fourth-order valence-electron chi connectivity index (χ4n) is 3.87. The Kier molecular flexibility index (Phi) is 6.12. The Morgan fingerprint density at radius 3 is 1.65 bits per heavy atom. The summed E-state index contributed by atoms with van der Waals surface area (Å²) in [5.74, 6) is 1.66. The molecular weight excluding hydrogens is 246 g/mol. The summed E-state index contributed by atoms with van der Waals surface area (Å²) in [4.78, 5) is 14.6. The van der Waals surface area contributed by atoms with E-state index >= 15 is 0 Å². The van der Waals surface area contributed by atoms with Crippen LogP contribution < -0.4 is 0 Å². The predicted octanol–water partition coefficient (Wildman–Crippen LogP) is 4.55. The van der Waals surface area contributed by atoms with Gasteiger partial charge in [-0.1, -0.05) is 45.1 Å². The first-order chi connectivity index (χ1) is 9.66. The molecule has 114 valence electrons. The highest BCUT2D eigenvalue weighted by atomic mass is 16.2. The summed E-state index contributed by atoms with van der Waals surface area (Å²) in [7, 11) is 0. The molecule has 0 aliphatic heterocycles. The lowest BCUT2D eigenvalue weighted by Crippen LogP contribution is -2.40. The van der Waals surface area contributed by atoms with Crippen LogP contribution in [0.1, 0.15) is 71.1 Å². The van der Waals surface area contributed by atoms with E-state index in [4.69, 9.17) is 0 Å². The first-order valence-electron chi connectivity index (χ1n) is 8.61. The quantitative estimate of drug-likeness (QED) is 0.675. The van der Waals surface area contributed by atoms with Crippen molar-refractivity contribution >= 4 is 5.91 Å². The minimum absolute atomic E-state index is 0.196. The van der Waals surface area contributed by atoms with Gasteiger partial charge in [0.15, 0.2) is 0 Å². The highest BCUT2D eigenvalue weighted by molar-refractivity contribution is 5.92. The molecule has 20 heavy (non-hydrogen) atoms. The number of carbonyl (C=O) groups is 1. The maximum Gasteiger partial charge on any atom is 0.248 e. The van der Waals surface area contributed by atoms with Crippen LogP contribution in [0.3, 0.4) is 0 Å². The number of hydrogen-bond donors (Lipinski definition) is 0. The van der Waals surface area contributed by atoms with Gasteiger partial charge in [-0.2, -0.15) is 0 Å². The number of nitrogens with zero attached hydrogens (tertiary/aromatic N) is 1. The van der Waals surface area contributed by atoms with E-state index in [-0.39, 0.29) is 5.91 Å². The van der Waals surface area contributed by atoms with Gasteiger partial charge in [-0.15, -0.1) is 0 Å². The molecule has 0 bridgehead atoms. The van der Waals surface area contributed by atoms with Gasteiger partial charge in [0.25, 0.3) is 0 Å². The summed E-state index contributed by atoms with van der Waals surface area (Å²) in [6.45, 7) is 7.68. The van der Waals surface area contributed by atoms with Gasteiger partial charge >= 0.3 is 0 Å². The molecule has 1 amide bonds. The molecule has 0 aromatic rings. The Morgan fingerprint density at radius 1 is 0.900 bits per heavy atom. The average molecular weight is 277 g/mol. The van der Waals surface area contributed by atoms with E-state index < -0.39 is 0 Å². The van der Waals surface area contributed by atoms with E-state index in [1.54, 1.807) is 0 Å². The number of carbonyl (C=O) groups excluding carboxylic acids is 1. The van der Waals surface area contributed by atoms with Crippen LogP contribution in [0, 0.1) is 11.8 Å². The molecule has 2 aliphatic rings. The second-order valence-electron chi connectivity index (χ2n) is 7.00. The van der Waals surface area contributed by atoms with Gasteiger partial charge in [0.2, 0.25) is 5.91 Å². The Labute approximate surface area is 124 Å². The monoisotopic (exact) mass is 277 g/mol. The smallest absolute Gasteiger partial charge is 0.248 e. The van der Waals surface area contributed by atoms with Crippen molar-refractivity contribution in [2.45, 2.75) is 71.1 Å². The Balaban J connectivity index is 1.91. The van der Waals surface area contributed by atoms with Crippen LogP contribution in [0.15, 0.2) is 12.2 Å². The second kappa shape index (κ2) is 7.85. The van der Waals surface area contributed by atoms with Gasteiger partial charge < -0.3 is 4.90 Å². The number of amides is 1. The highest BCUT2D eigenvalue weighted by Crippen LogP contribution is 2.28. The van der Waals surface area contributed by atoms with Crippen LogP contribution in [0.25, 0.3) is 0 Å². The second-order valence-corrected chi connectivity index (χ2v) is 7.00. The van der Waals surface area contributed by atoms with E-state index in [1.807, 2.05) is 6.92 Å². The Bertz CT molecular complexity index is 304. The summed E-state index contributed by atoms with van der Waals surface area (Å²) >= 11 is 0. The molecule has 0 N–H and O–H groups in total. The normalized spacial score (nSPS) is 21.6. The van der Waals surface area contributed by atoms with Crippen molar-refractivity contribution in [2.24, 2.45) is 11.8 Å². The molecule has 2 heteroatoms. The molecule has 0 saturated heterocycles. The van der Waals surface area contributed by atoms with E-state index in [1.165, 1.54) is 64.2 Å². The van der Waals surface area contributed by atoms with Crippen molar-refractivity contribution in [1.82, 2.24) is 4.90 Å². The van der Waals surface area contributed by atoms with E-state index in [0.29, 0.717) is 5.57 Å². The maximum absolute atomic E-state index is 12.4. The molecule has 2 fully saturated rings. The van der Waals surface area contributed by atoms with Crippen molar-refractivity contribution in [3.8, 4) is 0 Å². The van der Waals surface area contributed by atoms with Crippen LogP contribution in [-0.4, -0.2) is 23.9 Å². The van der Waals surface area contributed by atoms with Crippen molar-refractivity contribution in [1.29, 1.82) is 0 Å². The van der Waals surface area contributed by atoms with Crippen LogP contribution >= 0.6 is 0 Å². The first kappa shape index (κ1) is 15.6. The summed E-state index contributed by atoms with van der Waals surface area (Å²) in [6.07, 6.45) is 13.4. The lowest BCUT2D eigenvalue weighted by Gasteiger charge is -2.33. The predicted molar refractivity (Wildman–Crippen MR) is 84.5 cm³/mol. The third-order valence-electron chi connectivity index (χ3n) is 5.06. The summed E-state index contributed by atoms with van der Waals surface area (Å²) in [6, 6.07) is 0. The number of hydrogen-bond acceptors (Lipinski definition) is 1. The number of rotatable bonds is 5. The zero-order chi connectivity index (χ0) is 14.4. The summed E-state index contributed by atoms with van der Waals surface area (Å²) in [5.41, 5.74) is 0.705. The van der Waals surface area contributed by atoms with Gasteiger partial charge in [0.1, 0.15) is 0 Å². The minimum Gasteiger partial charge on any atom is -0.338 e. The SMILES string of the molecule is C=C(C)C(=O)N(CC1CCCCC1)CC1CCCCC1.